The molecule has 1 aromatic rings. The first-order chi connectivity index (χ1) is 9.10. The number of β-amino-alcohol motifs (C(OH)–C–C–N with tert-alkyl or cyclic N) is 1. The molecule has 4 nitrogen and oxygen atoms in total. The normalized spacial score (nSPS) is 17.8. The zero-order chi connectivity index (χ0) is 13.8. The van der Waals surface area contributed by atoms with Crippen molar-refractivity contribution in [3.63, 3.8) is 0 Å². The van der Waals surface area contributed by atoms with Crippen LogP contribution in [0.2, 0.25) is 5.02 Å². The van der Waals surface area contributed by atoms with Crippen LogP contribution in [0.1, 0.15) is 11.1 Å². The molecule has 1 fully saturated rings. The number of nitrogens with zero attached hydrogens (tertiary/aromatic N) is 2. The van der Waals surface area contributed by atoms with Gasteiger partial charge in [-0.3, -0.25) is 9.80 Å². The molecule has 1 heterocycles. The van der Waals surface area contributed by atoms with Crippen LogP contribution in [0.3, 0.4) is 0 Å². The molecule has 0 saturated carbocycles. The zero-order valence-corrected chi connectivity index (χ0v) is 12.0. The number of hydrogen-bond acceptors (Lipinski definition) is 4. The molecule has 1 saturated heterocycles. The third kappa shape index (κ3) is 3.83. The fraction of sp³-hybridized carbons (Fsp3) is 0.571. The average molecular weight is 285 g/mol. The van der Waals surface area contributed by atoms with Crippen LogP contribution >= 0.6 is 11.6 Å². The van der Waals surface area contributed by atoms with Crippen molar-refractivity contribution >= 4 is 11.6 Å². The number of halogens is 1. The Morgan fingerprint density at radius 1 is 1.16 bits per heavy atom. The number of aromatic hydroxyl groups is 1. The molecule has 0 aromatic heterocycles. The van der Waals surface area contributed by atoms with Gasteiger partial charge in [0, 0.05) is 49.9 Å². The van der Waals surface area contributed by atoms with Crippen molar-refractivity contribution in [2.24, 2.45) is 0 Å². The van der Waals surface area contributed by atoms with Gasteiger partial charge in [0.25, 0.3) is 0 Å². The summed E-state index contributed by atoms with van der Waals surface area (Å²) in [6, 6.07) is 3.61. The number of rotatable bonds is 4. The van der Waals surface area contributed by atoms with E-state index in [0.29, 0.717) is 10.8 Å². The van der Waals surface area contributed by atoms with E-state index in [0.717, 1.165) is 50.4 Å². The predicted octanol–water partition coefficient (Wildman–Crippen LogP) is 1.46. The molecule has 0 atom stereocenters. The van der Waals surface area contributed by atoms with E-state index < -0.39 is 0 Å². The first-order valence-corrected chi connectivity index (χ1v) is 7.01. The largest absolute Gasteiger partial charge is 0.507 e. The average Bonchev–Trinajstić information content (AvgIpc) is 2.38. The summed E-state index contributed by atoms with van der Waals surface area (Å²) in [4.78, 5) is 4.55. The molecule has 1 aliphatic heterocycles. The van der Waals surface area contributed by atoms with Gasteiger partial charge in [-0.1, -0.05) is 11.6 Å². The zero-order valence-electron chi connectivity index (χ0n) is 11.3. The molecular weight excluding hydrogens is 264 g/mol. The van der Waals surface area contributed by atoms with E-state index in [-0.39, 0.29) is 6.61 Å². The highest BCUT2D eigenvalue weighted by atomic mass is 35.5. The van der Waals surface area contributed by atoms with Crippen molar-refractivity contribution in [2.75, 3.05) is 39.3 Å². The molecule has 2 N–H and O–H groups in total. The van der Waals surface area contributed by atoms with Crippen LogP contribution < -0.4 is 0 Å². The number of aliphatic hydroxyl groups is 1. The van der Waals surface area contributed by atoms with Crippen molar-refractivity contribution in [1.82, 2.24) is 9.80 Å². The summed E-state index contributed by atoms with van der Waals surface area (Å²) in [6.07, 6.45) is 0. The molecule has 0 spiro atoms. The summed E-state index contributed by atoms with van der Waals surface area (Å²) in [5, 5.41) is 19.6. The lowest BCUT2D eigenvalue weighted by molar-refractivity contribution is 0.108. The minimum Gasteiger partial charge on any atom is -0.507 e. The van der Waals surface area contributed by atoms with Crippen LogP contribution in [0.4, 0.5) is 0 Å². The quantitative estimate of drug-likeness (QED) is 0.879. The lowest BCUT2D eigenvalue weighted by Gasteiger charge is -2.34. The van der Waals surface area contributed by atoms with Gasteiger partial charge in [-0.25, -0.2) is 0 Å². The molecular formula is C14H21ClN2O2. The summed E-state index contributed by atoms with van der Waals surface area (Å²) >= 11 is 6.04. The minimum atomic E-state index is 0.217. The van der Waals surface area contributed by atoms with E-state index in [9.17, 15) is 5.11 Å². The standard InChI is InChI=1S/C14H21ClN2O2/c1-11-8-13(15)9-12(14(11)19)10-17-4-2-16(3-5-17)6-7-18/h8-9,18-19H,2-7,10H2,1H3. The molecule has 19 heavy (non-hydrogen) atoms. The van der Waals surface area contributed by atoms with Crippen LogP contribution in [-0.2, 0) is 6.54 Å². The fourth-order valence-electron chi connectivity index (χ4n) is 2.48. The maximum Gasteiger partial charge on any atom is 0.123 e. The Kier molecular flexibility index (Phi) is 5.05. The van der Waals surface area contributed by atoms with Crippen LogP contribution in [0.15, 0.2) is 12.1 Å². The summed E-state index contributed by atoms with van der Waals surface area (Å²) < 4.78 is 0. The Morgan fingerprint density at radius 3 is 2.42 bits per heavy atom. The van der Waals surface area contributed by atoms with E-state index in [1.807, 2.05) is 13.0 Å². The van der Waals surface area contributed by atoms with Crippen molar-refractivity contribution in [2.45, 2.75) is 13.5 Å². The Hall–Kier alpha value is -0.810. The van der Waals surface area contributed by atoms with E-state index in [1.54, 1.807) is 6.07 Å². The molecule has 5 heteroatoms. The highest BCUT2D eigenvalue weighted by molar-refractivity contribution is 6.30. The van der Waals surface area contributed by atoms with E-state index in [1.165, 1.54) is 0 Å². The predicted molar refractivity (Wildman–Crippen MR) is 76.7 cm³/mol. The van der Waals surface area contributed by atoms with Crippen molar-refractivity contribution in [3.05, 3.63) is 28.3 Å². The Bertz CT molecular complexity index is 432. The highest BCUT2D eigenvalue weighted by Gasteiger charge is 2.18. The monoisotopic (exact) mass is 284 g/mol. The summed E-state index contributed by atoms with van der Waals surface area (Å²) in [5.74, 6) is 0.349. The number of hydrogen-bond donors (Lipinski definition) is 2. The minimum absolute atomic E-state index is 0.217. The second kappa shape index (κ2) is 6.57. The van der Waals surface area contributed by atoms with Gasteiger partial charge in [0.1, 0.15) is 5.75 Å². The Labute approximate surface area is 119 Å². The Balaban J connectivity index is 1.96. The van der Waals surface area contributed by atoms with Gasteiger partial charge in [-0.2, -0.15) is 0 Å². The topological polar surface area (TPSA) is 46.9 Å². The number of phenolic OH excluding ortho intramolecular Hbond substituents is 1. The number of aliphatic hydroxyl groups excluding tert-OH is 1. The van der Waals surface area contributed by atoms with E-state index >= 15 is 0 Å². The first-order valence-electron chi connectivity index (χ1n) is 6.63. The highest BCUT2D eigenvalue weighted by Crippen LogP contribution is 2.27. The smallest absolute Gasteiger partial charge is 0.123 e. The molecule has 0 amide bonds. The second-order valence-corrected chi connectivity index (χ2v) is 5.51. The van der Waals surface area contributed by atoms with Crippen LogP contribution in [-0.4, -0.2) is 59.3 Å². The molecule has 0 bridgehead atoms. The van der Waals surface area contributed by atoms with Gasteiger partial charge >= 0.3 is 0 Å². The lowest BCUT2D eigenvalue weighted by Crippen LogP contribution is -2.46. The number of benzene rings is 1. The molecule has 2 rings (SSSR count). The molecule has 1 aromatic carbocycles. The van der Waals surface area contributed by atoms with Crippen molar-refractivity contribution < 1.29 is 10.2 Å². The SMILES string of the molecule is Cc1cc(Cl)cc(CN2CCN(CCO)CC2)c1O. The fourth-order valence-corrected chi connectivity index (χ4v) is 2.77. The van der Waals surface area contributed by atoms with E-state index in [4.69, 9.17) is 16.7 Å². The van der Waals surface area contributed by atoms with Gasteiger partial charge in [0.05, 0.1) is 6.61 Å². The number of aryl methyl sites for hydroxylation is 1. The summed E-state index contributed by atoms with van der Waals surface area (Å²) in [6.45, 7) is 7.37. The van der Waals surface area contributed by atoms with Crippen molar-refractivity contribution in [1.29, 1.82) is 0 Å². The molecule has 106 valence electrons. The first kappa shape index (κ1) is 14.6. The van der Waals surface area contributed by atoms with Crippen LogP contribution in [0.5, 0.6) is 5.75 Å². The van der Waals surface area contributed by atoms with Gasteiger partial charge in [-0.15, -0.1) is 0 Å². The third-order valence-electron chi connectivity index (χ3n) is 3.62. The molecule has 0 radical (unpaired) electrons. The van der Waals surface area contributed by atoms with Crippen LogP contribution in [0.25, 0.3) is 0 Å². The van der Waals surface area contributed by atoms with Crippen LogP contribution in [0, 0.1) is 6.92 Å². The lowest BCUT2D eigenvalue weighted by atomic mass is 10.1. The summed E-state index contributed by atoms with van der Waals surface area (Å²) in [7, 11) is 0. The third-order valence-corrected chi connectivity index (χ3v) is 3.84. The van der Waals surface area contributed by atoms with E-state index in [2.05, 4.69) is 9.80 Å². The molecule has 0 unspecified atom stereocenters. The van der Waals surface area contributed by atoms with Gasteiger partial charge in [-0.05, 0) is 24.6 Å². The summed E-state index contributed by atoms with van der Waals surface area (Å²) in [5.41, 5.74) is 1.71. The number of phenols is 1. The molecule has 0 aliphatic carbocycles. The van der Waals surface area contributed by atoms with Gasteiger partial charge in [0.2, 0.25) is 0 Å². The second-order valence-electron chi connectivity index (χ2n) is 5.07. The molecule has 1 aliphatic rings. The van der Waals surface area contributed by atoms with Crippen molar-refractivity contribution in [3.8, 4) is 5.75 Å². The maximum absolute atomic E-state index is 10.1. The Morgan fingerprint density at radius 2 is 1.79 bits per heavy atom. The van der Waals surface area contributed by atoms with Gasteiger partial charge in [0.15, 0.2) is 0 Å². The number of piperazine rings is 1. The van der Waals surface area contributed by atoms with Gasteiger partial charge < -0.3 is 10.2 Å². The maximum atomic E-state index is 10.1.